The number of allylic oxidation sites excluding steroid dienone is 3. The quantitative estimate of drug-likeness (QED) is 0.204. The normalized spacial score (nSPS) is 17.1. The topological polar surface area (TPSA) is 35.6 Å². The summed E-state index contributed by atoms with van der Waals surface area (Å²) in [6.45, 7) is 0. The van der Waals surface area contributed by atoms with Gasteiger partial charge in [0.05, 0.1) is 22.1 Å². The average Bonchev–Trinajstić information content (AvgIpc) is 3.75. The first-order valence-corrected chi connectivity index (χ1v) is 16.2. The van der Waals surface area contributed by atoms with Crippen LogP contribution >= 0.6 is 11.8 Å². The van der Waals surface area contributed by atoms with Crippen LogP contribution in [-0.2, 0) is 0 Å². The summed E-state index contributed by atoms with van der Waals surface area (Å²) in [7, 11) is 0. The molecule has 0 N–H and O–H groups in total. The Morgan fingerprint density at radius 1 is 0.533 bits per heavy atom. The minimum atomic E-state index is 0.410. The van der Waals surface area contributed by atoms with Gasteiger partial charge in [-0.3, -0.25) is 9.97 Å². The van der Waals surface area contributed by atoms with Gasteiger partial charge in [-0.2, -0.15) is 0 Å². The molecule has 8 aromatic rings. The van der Waals surface area contributed by atoms with Gasteiger partial charge in [0.1, 0.15) is 0 Å². The summed E-state index contributed by atoms with van der Waals surface area (Å²) in [4.78, 5) is 10.4. The molecule has 5 heterocycles. The molecule has 4 aromatic carbocycles. The molecule has 10 rings (SSSR count). The number of aromatic nitrogens is 4. The number of benzene rings is 4. The molecule has 2 atom stereocenters. The van der Waals surface area contributed by atoms with E-state index in [9.17, 15) is 0 Å². The predicted molar refractivity (Wildman–Crippen MR) is 187 cm³/mol. The molecular weight excluding hydrogens is 569 g/mol. The van der Waals surface area contributed by atoms with E-state index in [0.717, 1.165) is 33.2 Å². The van der Waals surface area contributed by atoms with Gasteiger partial charge in [0, 0.05) is 73.8 Å². The molecule has 212 valence electrons. The molecule has 1 aliphatic carbocycles. The first kappa shape index (κ1) is 25.0. The first-order chi connectivity index (χ1) is 22.3. The van der Waals surface area contributed by atoms with Gasteiger partial charge in [0.15, 0.2) is 0 Å². The maximum Gasteiger partial charge on any atom is 0.0571 e. The largest absolute Gasteiger partial charge is 0.309 e. The van der Waals surface area contributed by atoms with Crippen molar-refractivity contribution in [1.29, 1.82) is 0 Å². The van der Waals surface area contributed by atoms with Crippen LogP contribution in [0.2, 0.25) is 0 Å². The maximum absolute atomic E-state index is 4.49. The first-order valence-electron chi connectivity index (χ1n) is 15.3. The van der Waals surface area contributed by atoms with E-state index in [1.165, 1.54) is 43.4 Å². The Kier molecular flexibility index (Phi) is 5.31. The lowest BCUT2D eigenvalue weighted by molar-refractivity contribution is 0.881. The highest BCUT2D eigenvalue weighted by Gasteiger charge is 2.31. The van der Waals surface area contributed by atoms with E-state index in [2.05, 4.69) is 140 Å². The minimum Gasteiger partial charge on any atom is -0.309 e. The number of hydrogen-bond donors (Lipinski definition) is 0. The van der Waals surface area contributed by atoms with Crippen molar-refractivity contribution in [2.75, 3.05) is 0 Å². The molecule has 0 radical (unpaired) electrons. The Morgan fingerprint density at radius 2 is 1.13 bits per heavy atom. The zero-order valence-corrected chi connectivity index (χ0v) is 25.0. The molecule has 0 spiro atoms. The standard InChI is InChI=1S/C40H26N4S/c1-4-10-35-29(7-1)33-23-41-17-15-37(33)43(35)27-19-26(25-13-14-40-32(21-25)31-9-3-6-12-39(31)45-40)20-28(22-27)44-36-11-5-2-8-30(36)34-24-42-18-16-38(34)44/h1-24,31,39H. The zero-order valence-electron chi connectivity index (χ0n) is 24.2. The summed E-state index contributed by atoms with van der Waals surface area (Å²) in [5.41, 5.74) is 10.7. The second-order valence-corrected chi connectivity index (χ2v) is 13.1. The average molecular weight is 595 g/mol. The highest BCUT2D eigenvalue weighted by atomic mass is 32.2. The van der Waals surface area contributed by atoms with Crippen LogP contribution in [0.3, 0.4) is 0 Å². The fourth-order valence-electron chi connectivity index (χ4n) is 7.43. The molecule has 0 bridgehead atoms. The summed E-state index contributed by atoms with van der Waals surface area (Å²) in [6, 6.07) is 35.6. The number of pyridine rings is 2. The van der Waals surface area contributed by atoms with Gasteiger partial charge in [-0.1, -0.05) is 66.8 Å². The molecule has 0 amide bonds. The van der Waals surface area contributed by atoms with E-state index in [-0.39, 0.29) is 0 Å². The number of nitrogens with zero attached hydrogens (tertiary/aromatic N) is 4. The highest BCUT2D eigenvalue weighted by molar-refractivity contribution is 8.00. The third-order valence-corrected chi connectivity index (χ3v) is 10.8. The van der Waals surface area contributed by atoms with Gasteiger partial charge in [-0.15, -0.1) is 11.8 Å². The molecule has 4 nitrogen and oxygen atoms in total. The third-order valence-electron chi connectivity index (χ3n) is 9.42. The van der Waals surface area contributed by atoms with Crippen LogP contribution in [0.5, 0.6) is 0 Å². The molecule has 4 aromatic heterocycles. The highest BCUT2D eigenvalue weighted by Crippen LogP contribution is 2.49. The van der Waals surface area contributed by atoms with Crippen molar-refractivity contribution in [3.8, 4) is 22.5 Å². The van der Waals surface area contributed by atoms with E-state index < -0.39 is 0 Å². The zero-order chi connectivity index (χ0) is 29.5. The number of hydrogen-bond acceptors (Lipinski definition) is 3. The summed E-state index contributed by atoms with van der Waals surface area (Å²) in [5.74, 6) is 0.410. The molecule has 45 heavy (non-hydrogen) atoms. The minimum absolute atomic E-state index is 0.410. The summed E-state index contributed by atoms with van der Waals surface area (Å²) < 4.78 is 4.78. The fourth-order valence-corrected chi connectivity index (χ4v) is 8.75. The Bertz CT molecular complexity index is 2310. The van der Waals surface area contributed by atoms with Crippen LogP contribution in [0.1, 0.15) is 11.5 Å². The van der Waals surface area contributed by atoms with Gasteiger partial charge >= 0.3 is 0 Å². The van der Waals surface area contributed by atoms with E-state index in [1.807, 2.05) is 36.5 Å². The smallest absolute Gasteiger partial charge is 0.0571 e. The van der Waals surface area contributed by atoms with Crippen molar-refractivity contribution in [2.45, 2.75) is 16.1 Å². The third kappa shape index (κ3) is 3.68. The Morgan fingerprint density at radius 3 is 1.80 bits per heavy atom. The van der Waals surface area contributed by atoms with E-state index >= 15 is 0 Å². The molecule has 0 fully saturated rings. The van der Waals surface area contributed by atoms with Crippen LogP contribution in [-0.4, -0.2) is 24.4 Å². The number of thioether (sulfide) groups is 1. The molecule has 2 aliphatic rings. The molecule has 1 aliphatic heterocycles. The van der Waals surface area contributed by atoms with Gasteiger partial charge in [-0.05, 0) is 71.3 Å². The molecule has 0 saturated heterocycles. The van der Waals surface area contributed by atoms with Crippen LogP contribution in [0, 0.1) is 0 Å². The Balaban J connectivity index is 1.28. The second kappa shape index (κ2) is 9.55. The molecule has 2 unspecified atom stereocenters. The molecule has 0 saturated carbocycles. The van der Waals surface area contributed by atoms with Crippen molar-refractivity contribution in [2.24, 2.45) is 0 Å². The van der Waals surface area contributed by atoms with E-state index in [0.29, 0.717) is 11.2 Å². The van der Waals surface area contributed by atoms with Gasteiger partial charge < -0.3 is 9.13 Å². The van der Waals surface area contributed by atoms with Crippen molar-refractivity contribution < 1.29 is 0 Å². The molecule has 5 heteroatoms. The van der Waals surface area contributed by atoms with Crippen molar-refractivity contribution >= 4 is 55.4 Å². The summed E-state index contributed by atoms with van der Waals surface area (Å²) in [6.07, 6.45) is 16.8. The van der Waals surface area contributed by atoms with Crippen LogP contribution in [0.15, 0.2) is 151 Å². The van der Waals surface area contributed by atoms with Crippen LogP contribution in [0.25, 0.3) is 66.1 Å². The van der Waals surface area contributed by atoms with Gasteiger partial charge in [-0.25, -0.2) is 0 Å². The molecular formula is C40H26N4S. The van der Waals surface area contributed by atoms with Crippen molar-refractivity contribution in [3.05, 3.63) is 152 Å². The Labute approximate surface area is 264 Å². The summed E-state index contributed by atoms with van der Waals surface area (Å²) >= 11 is 1.97. The van der Waals surface area contributed by atoms with E-state index in [4.69, 9.17) is 0 Å². The monoisotopic (exact) mass is 594 g/mol. The summed E-state index contributed by atoms with van der Waals surface area (Å²) in [5, 5.41) is 5.18. The second-order valence-electron chi connectivity index (χ2n) is 11.9. The van der Waals surface area contributed by atoms with Crippen molar-refractivity contribution in [3.63, 3.8) is 0 Å². The SMILES string of the molecule is C1=CC2Sc3ccc(-c4cc(-n5c6ccccc6c6cnccc65)cc(-n5c6ccccc6c6cnccc65)c4)cc3C2C=C1. The van der Waals surface area contributed by atoms with Gasteiger partial charge in [0.2, 0.25) is 0 Å². The lowest BCUT2D eigenvalue weighted by Crippen LogP contribution is -2.06. The maximum atomic E-state index is 4.49. The van der Waals surface area contributed by atoms with E-state index in [1.54, 1.807) is 0 Å². The van der Waals surface area contributed by atoms with Crippen LogP contribution in [0.4, 0.5) is 0 Å². The lowest BCUT2D eigenvalue weighted by atomic mass is 9.90. The lowest BCUT2D eigenvalue weighted by Gasteiger charge is -2.17. The van der Waals surface area contributed by atoms with Crippen LogP contribution < -0.4 is 0 Å². The number of para-hydroxylation sites is 2. The number of fused-ring (bicyclic) bond motifs is 9. The predicted octanol–water partition coefficient (Wildman–Crippen LogP) is 10.0. The van der Waals surface area contributed by atoms with Crippen molar-refractivity contribution in [1.82, 2.24) is 19.1 Å². The fraction of sp³-hybridized carbons (Fsp3) is 0.0500. The van der Waals surface area contributed by atoms with Gasteiger partial charge in [0.25, 0.3) is 0 Å². The number of rotatable bonds is 3. The Hall–Kier alpha value is -5.39.